The fourth-order valence-electron chi connectivity index (χ4n) is 3.02. The monoisotopic (exact) mass is 197 g/mol. The molecule has 0 amide bonds. The average molecular weight is 197 g/mol. The number of ether oxygens (including phenoxy) is 1. The lowest BCUT2D eigenvalue weighted by molar-refractivity contribution is -0.0170. The molecule has 4 atom stereocenters. The van der Waals surface area contributed by atoms with Gasteiger partial charge < -0.3 is 10.1 Å². The molecule has 2 aliphatic rings. The minimum absolute atomic E-state index is 0.492. The molecule has 0 aliphatic carbocycles. The highest BCUT2D eigenvalue weighted by atomic mass is 16.5. The third kappa shape index (κ3) is 2.48. The number of nitrogens with one attached hydrogen (secondary N) is 1. The maximum Gasteiger partial charge on any atom is 0.0549 e. The molecule has 0 aromatic heterocycles. The van der Waals surface area contributed by atoms with E-state index < -0.39 is 0 Å². The second-order valence-electron chi connectivity index (χ2n) is 5.23. The van der Waals surface area contributed by atoms with E-state index in [4.69, 9.17) is 4.74 Å². The zero-order valence-electron chi connectivity index (χ0n) is 9.46. The van der Waals surface area contributed by atoms with Crippen molar-refractivity contribution >= 4 is 0 Å². The minimum Gasteiger partial charge on any atom is -0.378 e. The summed E-state index contributed by atoms with van der Waals surface area (Å²) in [5, 5.41) is 3.56. The van der Waals surface area contributed by atoms with Gasteiger partial charge in [-0.1, -0.05) is 6.92 Å². The predicted molar refractivity (Wildman–Crippen MR) is 58.3 cm³/mol. The van der Waals surface area contributed by atoms with Crippen LogP contribution in [-0.4, -0.2) is 25.8 Å². The molecule has 14 heavy (non-hydrogen) atoms. The van der Waals surface area contributed by atoms with Crippen LogP contribution in [0.3, 0.4) is 0 Å². The molecule has 0 aromatic carbocycles. The van der Waals surface area contributed by atoms with Crippen molar-refractivity contribution < 1.29 is 4.74 Å². The summed E-state index contributed by atoms with van der Waals surface area (Å²) >= 11 is 0. The van der Waals surface area contributed by atoms with Crippen molar-refractivity contribution in [2.45, 2.75) is 39.2 Å². The van der Waals surface area contributed by atoms with Crippen LogP contribution in [0, 0.1) is 17.8 Å². The van der Waals surface area contributed by atoms with Crippen LogP contribution >= 0.6 is 0 Å². The van der Waals surface area contributed by atoms with E-state index in [1.165, 1.54) is 32.4 Å². The van der Waals surface area contributed by atoms with E-state index in [-0.39, 0.29) is 0 Å². The molecule has 2 heterocycles. The van der Waals surface area contributed by atoms with Gasteiger partial charge in [0, 0.05) is 6.61 Å². The summed E-state index contributed by atoms with van der Waals surface area (Å²) < 4.78 is 5.61. The summed E-state index contributed by atoms with van der Waals surface area (Å²) in [6.07, 6.45) is 4.47. The van der Waals surface area contributed by atoms with Crippen LogP contribution in [0.25, 0.3) is 0 Å². The molecule has 1 N–H and O–H groups in total. The first-order chi connectivity index (χ1) is 6.75. The van der Waals surface area contributed by atoms with Crippen LogP contribution in [0.5, 0.6) is 0 Å². The quantitative estimate of drug-likeness (QED) is 0.694. The Kier molecular flexibility index (Phi) is 3.45. The van der Waals surface area contributed by atoms with Gasteiger partial charge in [0.15, 0.2) is 0 Å². The first kappa shape index (κ1) is 10.4. The highest BCUT2D eigenvalue weighted by Gasteiger charge is 2.29. The fraction of sp³-hybridized carbons (Fsp3) is 1.00. The highest BCUT2D eigenvalue weighted by Crippen LogP contribution is 2.32. The summed E-state index contributed by atoms with van der Waals surface area (Å²) in [4.78, 5) is 0. The number of rotatable bonds is 1. The first-order valence-electron chi connectivity index (χ1n) is 6.08. The number of piperidine rings is 1. The van der Waals surface area contributed by atoms with Gasteiger partial charge >= 0.3 is 0 Å². The predicted octanol–water partition coefficient (Wildman–Crippen LogP) is 2.05. The topological polar surface area (TPSA) is 21.3 Å². The van der Waals surface area contributed by atoms with Gasteiger partial charge in [-0.2, -0.15) is 0 Å². The van der Waals surface area contributed by atoms with E-state index in [9.17, 15) is 0 Å². The van der Waals surface area contributed by atoms with Gasteiger partial charge in [0.2, 0.25) is 0 Å². The van der Waals surface area contributed by atoms with Gasteiger partial charge in [0.05, 0.1) is 6.10 Å². The maximum absolute atomic E-state index is 5.61. The lowest BCUT2D eigenvalue weighted by Gasteiger charge is -2.37. The van der Waals surface area contributed by atoms with E-state index >= 15 is 0 Å². The molecule has 2 rings (SSSR count). The average Bonchev–Trinajstić information content (AvgIpc) is 2.18. The Morgan fingerprint density at radius 2 is 1.93 bits per heavy atom. The largest absolute Gasteiger partial charge is 0.378 e. The third-order valence-electron chi connectivity index (χ3n) is 3.80. The van der Waals surface area contributed by atoms with Crippen LogP contribution in [0.2, 0.25) is 0 Å². The Morgan fingerprint density at radius 1 is 1.07 bits per heavy atom. The molecule has 2 nitrogen and oxygen atoms in total. The maximum atomic E-state index is 5.61. The van der Waals surface area contributed by atoms with E-state index in [2.05, 4.69) is 19.2 Å². The van der Waals surface area contributed by atoms with Crippen molar-refractivity contribution in [2.24, 2.45) is 17.8 Å². The smallest absolute Gasteiger partial charge is 0.0549 e. The summed E-state index contributed by atoms with van der Waals surface area (Å²) in [6, 6.07) is 0. The van der Waals surface area contributed by atoms with Gasteiger partial charge in [-0.3, -0.25) is 0 Å². The molecular formula is C12H23NO. The van der Waals surface area contributed by atoms with Crippen molar-refractivity contribution in [3.63, 3.8) is 0 Å². The number of hydrogen-bond donors (Lipinski definition) is 1. The van der Waals surface area contributed by atoms with E-state index in [1.807, 2.05) is 0 Å². The van der Waals surface area contributed by atoms with Gasteiger partial charge in [0.25, 0.3) is 0 Å². The lowest BCUT2D eigenvalue weighted by Crippen LogP contribution is -2.41. The van der Waals surface area contributed by atoms with Crippen LogP contribution in [0.4, 0.5) is 0 Å². The Hall–Kier alpha value is -0.0800. The molecule has 4 unspecified atom stereocenters. The summed E-state index contributed by atoms with van der Waals surface area (Å²) in [5.74, 6) is 2.69. The summed E-state index contributed by atoms with van der Waals surface area (Å²) in [5.41, 5.74) is 0. The van der Waals surface area contributed by atoms with E-state index in [0.717, 1.165) is 24.4 Å². The van der Waals surface area contributed by atoms with E-state index in [0.29, 0.717) is 6.10 Å². The van der Waals surface area contributed by atoms with Crippen LogP contribution in [-0.2, 0) is 4.74 Å². The summed E-state index contributed by atoms with van der Waals surface area (Å²) in [6.45, 7) is 8.02. The van der Waals surface area contributed by atoms with Gasteiger partial charge in [-0.15, -0.1) is 0 Å². The minimum atomic E-state index is 0.492. The molecule has 2 aliphatic heterocycles. The Balaban J connectivity index is 1.86. The SMILES string of the molecule is CC1CNCC(C2CCOC(C)C2)C1. The molecule has 0 spiro atoms. The zero-order valence-corrected chi connectivity index (χ0v) is 9.46. The third-order valence-corrected chi connectivity index (χ3v) is 3.80. The highest BCUT2D eigenvalue weighted by molar-refractivity contribution is 4.82. The lowest BCUT2D eigenvalue weighted by atomic mass is 9.77. The van der Waals surface area contributed by atoms with E-state index in [1.54, 1.807) is 0 Å². The number of hydrogen-bond acceptors (Lipinski definition) is 2. The molecule has 0 bridgehead atoms. The Morgan fingerprint density at radius 3 is 2.64 bits per heavy atom. The van der Waals surface area contributed by atoms with Crippen molar-refractivity contribution in [1.29, 1.82) is 0 Å². The first-order valence-corrected chi connectivity index (χ1v) is 6.08. The van der Waals surface area contributed by atoms with Crippen LogP contribution in [0.15, 0.2) is 0 Å². The molecule has 2 saturated heterocycles. The zero-order chi connectivity index (χ0) is 9.97. The van der Waals surface area contributed by atoms with Gasteiger partial charge in [-0.05, 0) is 57.0 Å². The molecule has 0 radical (unpaired) electrons. The Bertz CT molecular complexity index is 163. The fourth-order valence-corrected chi connectivity index (χ4v) is 3.02. The Labute approximate surface area is 87.4 Å². The standard InChI is InChI=1S/C12H23NO/c1-9-5-12(8-13-7-9)11-3-4-14-10(2)6-11/h9-13H,3-8H2,1-2H3. The molecule has 82 valence electrons. The van der Waals surface area contributed by atoms with Crippen LogP contribution in [0.1, 0.15) is 33.1 Å². The van der Waals surface area contributed by atoms with Crippen molar-refractivity contribution in [3.05, 3.63) is 0 Å². The van der Waals surface area contributed by atoms with Crippen molar-refractivity contribution in [1.82, 2.24) is 5.32 Å². The van der Waals surface area contributed by atoms with Crippen LogP contribution < -0.4 is 5.32 Å². The molecular weight excluding hydrogens is 174 g/mol. The molecule has 0 saturated carbocycles. The van der Waals surface area contributed by atoms with Crippen molar-refractivity contribution in [2.75, 3.05) is 19.7 Å². The van der Waals surface area contributed by atoms with Gasteiger partial charge in [-0.25, -0.2) is 0 Å². The summed E-state index contributed by atoms with van der Waals surface area (Å²) in [7, 11) is 0. The normalized spacial score (nSPS) is 45.0. The van der Waals surface area contributed by atoms with Gasteiger partial charge in [0.1, 0.15) is 0 Å². The second-order valence-corrected chi connectivity index (χ2v) is 5.23. The van der Waals surface area contributed by atoms with Crippen molar-refractivity contribution in [3.8, 4) is 0 Å². The molecule has 0 aromatic rings. The molecule has 2 fully saturated rings. The second kappa shape index (κ2) is 4.63. The molecule has 2 heteroatoms.